The summed E-state index contributed by atoms with van der Waals surface area (Å²) in [5, 5.41) is 10.9. The lowest BCUT2D eigenvalue weighted by molar-refractivity contribution is 0.0691. The maximum absolute atomic E-state index is 13.8. The molecule has 7 heteroatoms. The van der Waals surface area contributed by atoms with Crippen LogP contribution in [0.5, 0.6) is 0 Å². The number of nitrogens with zero attached hydrogens (tertiary/aromatic N) is 3. The zero-order valence-corrected chi connectivity index (χ0v) is 21.0. The summed E-state index contributed by atoms with van der Waals surface area (Å²) in [4.78, 5) is 43.6. The van der Waals surface area contributed by atoms with Gasteiger partial charge in [-0.1, -0.05) is 31.5 Å². The van der Waals surface area contributed by atoms with Gasteiger partial charge < -0.3 is 5.11 Å². The Balaban J connectivity index is 1.67. The fraction of sp³-hybridized carbons (Fsp3) is 0.200. The number of carbonyl (C=O) groups is 2. The number of carboxylic acids is 1. The van der Waals surface area contributed by atoms with Crippen LogP contribution in [-0.2, 0) is 6.42 Å². The van der Waals surface area contributed by atoms with Crippen molar-refractivity contribution >= 4 is 33.7 Å². The predicted octanol–water partition coefficient (Wildman–Crippen LogP) is 5.69. The Morgan fingerprint density at radius 3 is 2.46 bits per heavy atom. The topological polar surface area (TPSA) is 94.2 Å². The lowest BCUT2D eigenvalue weighted by Gasteiger charge is -2.15. The minimum absolute atomic E-state index is 0.0500. The van der Waals surface area contributed by atoms with E-state index in [1.807, 2.05) is 38.1 Å². The summed E-state index contributed by atoms with van der Waals surface area (Å²) in [5.74, 6) is -0.885. The van der Waals surface area contributed by atoms with Crippen LogP contribution in [0.15, 0.2) is 71.7 Å². The molecule has 1 N–H and O–H groups in total. The van der Waals surface area contributed by atoms with E-state index in [1.165, 1.54) is 16.7 Å². The number of aromatic carboxylic acids is 1. The van der Waals surface area contributed by atoms with E-state index in [-0.39, 0.29) is 16.7 Å². The molecule has 0 aliphatic heterocycles. The van der Waals surface area contributed by atoms with Gasteiger partial charge in [0.2, 0.25) is 0 Å². The standard InChI is InChI=1S/C30H27N3O4/c1-4-5-10-26-31-24-13-11-18(2)19(3)27(24)29(35)33(26)21-12-14-25-20(17-21)15-16-32(25)28(34)22-8-6-7-9-23(22)30(36)37/h6-9,11-17H,4-5,10H2,1-3H3,(H,36,37). The number of hydrogen-bond acceptors (Lipinski definition) is 4. The number of aromatic nitrogens is 3. The molecule has 5 aromatic rings. The van der Waals surface area contributed by atoms with Gasteiger partial charge in [0.05, 0.1) is 33.2 Å². The summed E-state index contributed by atoms with van der Waals surface area (Å²) in [6, 6.07) is 17.3. The first kappa shape index (κ1) is 24.2. The van der Waals surface area contributed by atoms with Crippen molar-refractivity contribution in [1.82, 2.24) is 14.1 Å². The molecule has 0 bridgehead atoms. The molecule has 0 spiro atoms. The second-order valence-corrected chi connectivity index (χ2v) is 9.26. The molecule has 2 aromatic heterocycles. The Hall–Kier alpha value is -4.52. The van der Waals surface area contributed by atoms with Crippen LogP contribution in [-0.4, -0.2) is 31.1 Å². The maximum Gasteiger partial charge on any atom is 0.336 e. The van der Waals surface area contributed by atoms with Crippen LogP contribution in [0.4, 0.5) is 0 Å². The second-order valence-electron chi connectivity index (χ2n) is 9.26. The van der Waals surface area contributed by atoms with Gasteiger partial charge in [0.25, 0.3) is 11.5 Å². The summed E-state index contributed by atoms with van der Waals surface area (Å²) in [6.45, 7) is 6.03. The Morgan fingerprint density at radius 1 is 0.973 bits per heavy atom. The van der Waals surface area contributed by atoms with Gasteiger partial charge in [-0.05, 0) is 73.9 Å². The molecular weight excluding hydrogens is 466 g/mol. The molecule has 0 aliphatic rings. The summed E-state index contributed by atoms with van der Waals surface area (Å²) in [5.41, 5.74) is 3.90. The van der Waals surface area contributed by atoms with E-state index >= 15 is 0 Å². The Labute approximate surface area is 213 Å². The fourth-order valence-electron chi connectivity index (χ4n) is 4.78. The number of carbonyl (C=O) groups excluding carboxylic acids is 1. The molecule has 0 fully saturated rings. The molecule has 7 nitrogen and oxygen atoms in total. The van der Waals surface area contributed by atoms with Gasteiger partial charge >= 0.3 is 5.97 Å². The molecule has 0 radical (unpaired) electrons. The molecule has 0 aliphatic carbocycles. The monoisotopic (exact) mass is 493 g/mol. The number of benzene rings is 3. The Kier molecular flexibility index (Phi) is 6.21. The highest BCUT2D eigenvalue weighted by atomic mass is 16.4. The number of fused-ring (bicyclic) bond motifs is 2. The van der Waals surface area contributed by atoms with Crippen LogP contribution in [0.3, 0.4) is 0 Å². The average molecular weight is 494 g/mol. The minimum Gasteiger partial charge on any atom is -0.478 e. The zero-order valence-electron chi connectivity index (χ0n) is 21.0. The molecule has 186 valence electrons. The fourth-order valence-corrected chi connectivity index (χ4v) is 4.78. The molecule has 5 rings (SSSR count). The molecular formula is C30H27N3O4. The van der Waals surface area contributed by atoms with Crippen LogP contribution in [0.1, 0.15) is 57.4 Å². The van der Waals surface area contributed by atoms with Crippen molar-refractivity contribution in [2.24, 2.45) is 0 Å². The molecule has 0 saturated heterocycles. The quantitative estimate of drug-likeness (QED) is 0.328. The van der Waals surface area contributed by atoms with Crippen molar-refractivity contribution in [2.45, 2.75) is 40.0 Å². The van der Waals surface area contributed by atoms with Crippen LogP contribution >= 0.6 is 0 Å². The summed E-state index contributed by atoms with van der Waals surface area (Å²) < 4.78 is 3.12. The normalized spacial score (nSPS) is 11.3. The van der Waals surface area contributed by atoms with Crippen molar-refractivity contribution in [3.05, 3.63) is 105 Å². The van der Waals surface area contributed by atoms with E-state index in [2.05, 4.69) is 6.92 Å². The minimum atomic E-state index is -1.16. The molecule has 0 amide bonds. The largest absolute Gasteiger partial charge is 0.478 e. The SMILES string of the molecule is CCCCc1nc2ccc(C)c(C)c2c(=O)n1-c1ccc2c(ccn2C(=O)c2ccccc2C(=O)O)c1. The van der Waals surface area contributed by atoms with Crippen LogP contribution in [0.2, 0.25) is 0 Å². The molecule has 0 unspecified atom stereocenters. The van der Waals surface area contributed by atoms with Gasteiger partial charge in [0.1, 0.15) is 5.82 Å². The highest BCUT2D eigenvalue weighted by Gasteiger charge is 2.20. The number of aryl methyl sites for hydroxylation is 3. The average Bonchev–Trinajstić information content (AvgIpc) is 3.32. The van der Waals surface area contributed by atoms with E-state index < -0.39 is 11.9 Å². The van der Waals surface area contributed by atoms with Crippen molar-refractivity contribution < 1.29 is 14.7 Å². The number of hydrogen-bond donors (Lipinski definition) is 1. The van der Waals surface area contributed by atoms with Crippen molar-refractivity contribution in [3.8, 4) is 5.69 Å². The molecule has 37 heavy (non-hydrogen) atoms. The van der Waals surface area contributed by atoms with Gasteiger partial charge in [0.15, 0.2) is 0 Å². The second kappa shape index (κ2) is 9.50. The van der Waals surface area contributed by atoms with Crippen molar-refractivity contribution in [1.29, 1.82) is 0 Å². The van der Waals surface area contributed by atoms with Gasteiger partial charge in [-0.25, -0.2) is 9.78 Å². The highest BCUT2D eigenvalue weighted by molar-refractivity contribution is 6.08. The number of unbranched alkanes of at least 4 members (excludes halogenated alkanes) is 1. The lowest BCUT2D eigenvalue weighted by Crippen LogP contribution is -2.25. The Bertz CT molecular complexity index is 1760. The Morgan fingerprint density at radius 2 is 1.73 bits per heavy atom. The van der Waals surface area contributed by atoms with E-state index in [9.17, 15) is 19.5 Å². The smallest absolute Gasteiger partial charge is 0.336 e. The van der Waals surface area contributed by atoms with Gasteiger partial charge in [0, 0.05) is 18.0 Å². The maximum atomic E-state index is 13.8. The van der Waals surface area contributed by atoms with E-state index in [0.717, 1.165) is 29.4 Å². The first-order chi connectivity index (χ1) is 17.8. The molecule has 0 saturated carbocycles. The van der Waals surface area contributed by atoms with Gasteiger partial charge in [-0.15, -0.1) is 0 Å². The van der Waals surface area contributed by atoms with E-state index in [0.29, 0.717) is 34.4 Å². The third kappa shape index (κ3) is 4.12. The predicted molar refractivity (Wildman–Crippen MR) is 144 cm³/mol. The van der Waals surface area contributed by atoms with Crippen LogP contribution in [0.25, 0.3) is 27.5 Å². The highest BCUT2D eigenvalue weighted by Crippen LogP contribution is 2.24. The molecule has 0 atom stereocenters. The number of rotatable bonds is 6. The molecule has 2 heterocycles. The summed E-state index contributed by atoms with van der Waals surface area (Å²) in [6.07, 6.45) is 4.17. The van der Waals surface area contributed by atoms with Gasteiger partial charge in [-0.2, -0.15) is 0 Å². The zero-order chi connectivity index (χ0) is 26.3. The summed E-state index contributed by atoms with van der Waals surface area (Å²) in [7, 11) is 0. The third-order valence-electron chi connectivity index (χ3n) is 6.93. The summed E-state index contributed by atoms with van der Waals surface area (Å²) >= 11 is 0. The first-order valence-electron chi connectivity index (χ1n) is 12.3. The van der Waals surface area contributed by atoms with Crippen molar-refractivity contribution in [3.63, 3.8) is 0 Å². The van der Waals surface area contributed by atoms with Gasteiger partial charge in [-0.3, -0.25) is 18.7 Å². The number of carboxylic acid groups (broad SMARTS) is 1. The van der Waals surface area contributed by atoms with E-state index in [4.69, 9.17) is 4.98 Å². The third-order valence-corrected chi connectivity index (χ3v) is 6.93. The first-order valence-corrected chi connectivity index (χ1v) is 12.3. The van der Waals surface area contributed by atoms with Crippen LogP contribution in [0, 0.1) is 13.8 Å². The van der Waals surface area contributed by atoms with Crippen molar-refractivity contribution in [2.75, 3.05) is 0 Å². The van der Waals surface area contributed by atoms with E-state index in [1.54, 1.807) is 35.0 Å². The van der Waals surface area contributed by atoms with Crippen LogP contribution < -0.4 is 5.56 Å². The lowest BCUT2D eigenvalue weighted by atomic mass is 10.0. The molecule has 3 aromatic carbocycles.